The number of carbonyl (C=O) groups excluding carboxylic acids is 1. The number of hydrogen-bond acceptors (Lipinski definition) is 4. The number of aliphatic carboxylic acids is 1. The van der Waals surface area contributed by atoms with Gasteiger partial charge >= 0.3 is 5.97 Å². The molecule has 2 aromatic rings. The van der Waals surface area contributed by atoms with Gasteiger partial charge < -0.3 is 5.11 Å². The number of Topliss-reactive ketones (excluding diaryl/α,β-unsaturated/α-hetero) is 1. The van der Waals surface area contributed by atoms with Gasteiger partial charge in [-0.25, -0.2) is 4.68 Å². The molecule has 0 aliphatic heterocycles. The van der Waals surface area contributed by atoms with Crippen molar-refractivity contribution in [3.8, 4) is 0 Å². The van der Waals surface area contributed by atoms with Crippen molar-refractivity contribution in [2.24, 2.45) is 11.3 Å². The molecule has 2 aliphatic carbocycles. The van der Waals surface area contributed by atoms with Crippen LogP contribution in [0.15, 0.2) is 18.2 Å². The topological polar surface area (TPSA) is 85.1 Å². The van der Waals surface area contributed by atoms with E-state index >= 15 is 0 Å². The first-order chi connectivity index (χ1) is 17.6. The third kappa shape index (κ3) is 7.08. The smallest absolute Gasteiger partial charge is 0.303 e. The number of hydrogen-bond donors (Lipinski definition) is 1. The van der Waals surface area contributed by atoms with Gasteiger partial charge in [0, 0.05) is 31.1 Å². The Morgan fingerprint density at radius 2 is 1.89 bits per heavy atom. The first kappa shape index (κ1) is 27.5. The molecule has 37 heavy (non-hydrogen) atoms. The number of carboxylic acids is 1. The normalized spacial score (nSPS) is 20.5. The van der Waals surface area contributed by atoms with E-state index in [-0.39, 0.29) is 18.1 Å². The van der Waals surface area contributed by atoms with Gasteiger partial charge in [0.2, 0.25) is 0 Å². The van der Waals surface area contributed by atoms with E-state index in [0.29, 0.717) is 36.6 Å². The SMILES string of the molecule is CCC(C)(C)CC1CC(n2nnc(C(CCC(=O)O)CC(=O)CCc3ccc(C)cc3C)c2C2CC2)C1. The van der Waals surface area contributed by atoms with Crippen LogP contribution in [0, 0.1) is 25.2 Å². The second-order valence-corrected chi connectivity index (χ2v) is 12.6. The molecule has 1 heterocycles. The summed E-state index contributed by atoms with van der Waals surface area (Å²) in [4.78, 5) is 24.6. The number of carbonyl (C=O) groups is 2. The van der Waals surface area contributed by atoms with Crippen molar-refractivity contribution in [1.29, 1.82) is 0 Å². The number of ketones is 1. The van der Waals surface area contributed by atoms with Crippen molar-refractivity contribution >= 4 is 11.8 Å². The standard InChI is InChI=1S/C31H45N3O3/c1-6-31(4,5)19-22-16-26(17-22)34-30(24-9-10-24)29(32-33-34)25(12-14-28(36)37)18-27(35)13-11-23-8-7-20(2)15-21(23)3/h7-8,15,22,24-26H,6,9-14,16-19H2,1-5H3,(H,36,37). The lowest BCUT2D eigenvalue weighted by molar-refractivity contribution is -0.137. The number of rotatable bonds is 14. The highest BCUT2D eigenvalue weighted by Crippen LogP contribution is 2.49. The Bertz CT molecular complexity index is 1110. The number of aromatic nitrogens is 3. The molecule has 4 rings (SSSR count). The molecule has 2 aliphatic rings. The molecular weight excluding hydrogens is 462 g/mol. The van der Waals surface area contributed by atoms with Crippen LogP contribution in [-0.4, -0.2) is 31.9 Å². The van der Waals surface area contributed by atoms with Gasteiger partial charge in [0.1, 0.15) is 5.78 Å². The van der Waals surface area contributed by atoms with E-state index in [1.54, 1.807) is 0 Å². The van der Waals surface area contributed by atoms with Gasteiger partial charge in [0.15, 0.2) is 0 Å². The number of nitrogens with zero attached hydrogens (tertiary/aromatic N) is 3. The first-order valence-corrected chi connectivity index (χ1v) is 14.3. The van der Waals surface area contributed by atoms with Gasteiger partial charge in [-0.3, -0.25) is 9.59 Å². The molecule has 6 heteroatoms. The molecule has 0 spiro atoms. The predicted molar refractivity (Wildman–Crippen MR) is 146 cm³/mol. The summed E-state index contributed by atoms with van der Waals surface area (Å²) < 4.78 is 2.16. The van der Waals surface area contributed by atoms with Crippen LogP contribution in [0.25, 0.3) is 0 Å². The van der Waals surface area contributed by atoms with Crippen molar-refractivity contribution in [1.82, 2.24) is 15.0 Å². The second-order valence-electron chi connectivity index (χ2n) is 12.6. The van der Waals surface area contributed by atoms with E-state index in [1.807, 2.05) is 0 Å². The summed E-state index contributed by atoms with van der Waals surface area (Å²) in [7, 11) is 0. The second kappa shape index (κ2) is 11.5. The molecule has 0 radical (unpaired) electrons. The molecule has 2 fully saturated rings. The van der Waals surface area contributed by atoms with Gasteiger partial charge in [-0.15, -0.1) is 5.10 Å². The zero-order chi connectivity index (χ0) is 26.7. The Hall–Kier alpha value is -2.50. The lowest BCUT2D eigenvalue weighted by Gasteiger charge is -2.40. The largest absolute Gasteiger partial charge is 0.481 e. The minimum absolute atomic E-state index is 0.0452. The summed E-state index contributed by atoms with van der Waals surface area (Å²) in [6.45, 7) is 11.2. The van der Waals surface area contributed by atoms with E-state index in [9.17, 15) is 14.7 Å². The maximum absolute atomic E-state index is 13.1. The van der Waals surface area contributed by atoms with Gasteiger partial charge in [-0.1, -0.05) is 56.2 Å². The van der Waals surface area contributed by atoms with Crippen LogP contribution in [-0.2, 0) is 16.0 Å². The Balaban J connectivity index is 1.46. The van der Waals surface area contributed by atoms with E-state index in [2.05, 4.69) is 67.8 Å². The minimum Gasteiger partial charge on any atom is -0.481 e. The fourth-order valence-corrected chi connectivity index (χ4v) is 6.03. The average molecular weight is 508 g/mol. The molecule has 1 atom stereocenters. The van der Waals surface area contributed by atoms with Crippen molar-refractivity contribution in [2.45, 2.75) is 123 Å². The number of carboxylic acid groups (broad SMARTS) is 1. The summed E-state index contributed by atoms with van der Waals surface area (Å²) in [5.41, 5.74) is 6.11. The van der Waals surface area contributed by atoms with Crippen LogP contribution < -0.4 is 0 Å². The lowest BCUT2D eigenvalue weighted by Crippen LogP contribution is -2.32. The Kier molecular flexibility index (Phi) is 8.55. The molecule has 6 nitrogen and oxygen atoms in total. The van der Waals surface area contributed by atoms with Crippen molar-refractivity contribution in [3.63, 3.8) is 0 Å². The maximum atomic E-state index is 13.1. The monoisotopic (exact) mass is 507 g/mol. The Labute approximate surface area is 222 Å². The van der Waals surface area contributed by atoms with Crippen LogP contribution in [0.1, 0.15) is 131 Å². The van der Waals surface area contributed by atoms with Crippen molar-refractivity contribution in [2.75, 3.05) is 0 Å². The quantitative estimate of drug-likeness (QED) is 0.295. The number of aryl methyl sites for hydroxylation is 3. The van der Waals surface area contributed by atoms with Crippen LogP contribution in [0.4, 0.5) is 0 Å². The van der Waals surface area contributed by atoms with Crippen LogP contribution in [0.3, 0.4) is 0 Å². The summed E-state index contributed by atoms with van der Waals surface area (Å²) in [5.74, 6) is 0.357. The maximum Gasteiger partial charge on any atom is 0.303 e. The van der Waals surface area contributed by atoms with Crippen LogP contribution in [0.2, 0.25) is 0 Å². The molecule has 2 saturated carbocycles. The zero-order valence-electron chi connectivity index (χ0n) is 23.4. The number of benzene rings is 1. The summed E-state index contributed by atoms with van der Waals surface area (Å²) in [6, 6.07) is 6.75. The molecule has 1 unspecified atom stereocenters. The summed E-state index contributed by atoms with van der Waals surface area (Å²) >= 11 is 0. The summed E-state index contributed by atoms with van der Waals surface area (Å²) in [6.07, 6.45) is 8.99. The Morgan fingerprint density at radius 3 is 2.51 bits per heavy atom. The highest BCUT2D eigenvalue weighted by Gasteiger charge is 2.40. The summed E-state index contributed by atoms with van der Waals surface area (Å²) in [5, 5.41) is 18.7. The molecule has 0 amide bonds. The third-order valence-electron chi connectivity index (χ3n) is 8.82. The minimum atomic E-state index is -0.825. The van der Waals surface area contributed by atoms with Crippen molar-refractivity contribution < 1.29 is 14.7 Å². The van der Waals surface area contributed by atoms with Gasteiger partial charge in [0.05, 0.1) is 17.4 Å². The van der Waals surface area contributed by atoms with Crippen LogP contribution in [0.5, 0.6) is 0 Å². The molecule has 0 saturated heterocycles. The molecule has 1 aromatic carbocycles. The van der Waals surface area contributed by atoms with Gasteiger partial charge in [-0.2, -0.15) is 0 Å². The van der Waals surface area contributed by atoms with E-state index in [4.69, 9.17) is 0 Å². The fourth-order valence-electron chi connectivity index (χ4n) is 6.03. The average Bonchev–Trinajstić information content (AvgIpc) is 3.56. The molecule has 1 aromatic heterocycles. The predicted octanol–water partition coefficient (Wildman–Crippen LogP) is 7.09. The Morgan fingerprint density at radius 1 is 1.16 bits per heavy atom. The molecular formula is C31H45N3O3. The first-order valence-electron chi connectivity index (χ1n) is 14.3. The van der Waals surface area contributed by atoms with E-state index in [0.717, 1.165) is 43.7 Å². The highest BCUT2D eigenvalue weighted by molar-refractivity contribution is 5.79. The molecule has 202 valence electrons. The third-order valence-corrected chi connectivity index (χ3v) is 8.82. The molecule has 0 bridgehead atoms. The highest BCUT2D eigenvalue weighted by atomic mass is 16.4. The van der Waals surface area contributed by atoms with E-state index < -0.39 is 5.97 Å². The van der Waals surface area contributed by atoms with Crippen LogP contribution >= 0.6 is 0 Å². The lowest BCUT2D eigenvalue weighted by atomic mass is 9.70. The van der Waals surface area contributed by atoms with Crippen molar-refractivity contribution in [3.05, 3.63) is 46.3 Å². The molecule has 1 N–H and O–H groups in total. The fraction of sp³-hybridized carbons (Fsp3) is 0.677. The van der Waals surface area contributed by atoms with Gasteiger partial charge in [0.25, 0.3) is 0 Å². The van der Waals surface area contributed by atoms with E-state index in [1.165, 1.54) is 35.2 Å². The zero-order valence-corrected chi connectivity index (χ0v) is 23.4. The van der Waals surface area contributed by atoms with Gasteiger partial charge in [-0.05, 0) is 81.3 Å².